The third kappa shape index (κ3) is 34.3. The number of ether oxygens (including phenoxy) is 3. The lowest BCUT2D eigenvalue weighted by Gasteiger charge is -2.17. The lowest BCUT2D eigenvalue weighted by atomic mass is 10.0. The maximum Gasteiger partial charge on any atom is 0.317 e. The fourth-order valence-electron chi connectivity index (χ4n) is 5.29. The molecule has 0 aliphatic heterocycles. The monoisotopic (exact) mass is 1190 g/mol. The number of Topliss-reactive ketones (excluding diaryl/α,β-unsaturated/α-hetero) is 7. The second-order valence-electron chi connectivity index (χ2n) is 18.5. The van der Waals surface area contributed by atoms with Gasteiger partial charge in [-0.05, 0) is 76.2 Å². The Morgan fingerprint density at radius 2 is 0.578 bits per heavy atom. The number of ketones is 7. The third-order valence-corrected chi connectivity index (χ3v) is 12.3. The molecule has 6 unspecified atom stereocenters. The fourth-order valence-corrected chi connectivity index (χ4v) is 5.29. The number of likely N-dealkylation sites (N-methyl/N-ethyl adjacent to an activating group) is 4. The van der Waals surface area contributed by atoms with E-state index in [1.54, 1.807) is 74.5 Å². The van der Waals surface area contributed by atoms with Crippen LogP contribution >= 0.6 is 0 Å². The minimum absolute atomic E-state index is 0.0212. The van der Waals surface area contributed by atoms with E-state index in [9.17, 15) is 86.3 Å². The van der Waals surface area contributed by atoms with E-state index in [0.717, 1.165) is 12.0 Å². The number of rotatable bonds is 24. The van der Waals surface area contributed by atoms with Gasteiger partial charge in [0.1, 0.15) is 35.1 Å². The van der Waals surface area contributed by atoms with Crippen molar-refractivity contribution in [1.29, 1.82) is 0 Å². The molecule has 27 nitrogen and oxygen atoms in total. The summed E-state index contributed by atoms with van der Waals surface area (Å²) < 4.78 is 13.2. The third-order valence-electron chi connectivity index (χ3n) is 12.3. The van der Waals surface area contributed by atoms with Crippen LogP contribution in [-0.4, -0.2) is 225 Å². The molecule has 0 aliphatic carbocycles. The van der Waals surface area contributed by atoms with Gasteiger partial charge in [0.05, 0.1) is 52.2 Å². The predicted octanol–water partition coefficient (Wildman–Crippen LogP) is 1.78. The van der Waals surface area contributed by atoms with E-state index < -0.39 is 88.6 Å². The molecule has 0 aliphatic rings. The molecule has 6 atom stereocenters. The van der Waals surface area contributed by atoms with Gasteiger partial charge in [0.15, 0.2) is 11.6 Å². The van der Waals surface area contributed by atoms with Gasteiger partial charge in [-0.2, -0.15) is 0 Å². The van der Waals surface area contributed by atoms with Crippen molar-refractivity contribution < 1.29 is 101 Å². The number of nitrogens with zero attached hydrogens (tertiary/aromatic N) is 6. The Kier molecular flexibility index (Phi) is 47.8. The Morgan fingerprint density at radius 3 is 0.843 bits per heavy atom. The molecule has 0 aromatic rings. The molecule has 0 fully saturated rings. The highest BCUT2D eigenvalue weighted by Gasteiger charge is 2.33. The minimum Gasteiger partial charge on any atom is -0.468 e. The van der Waals surface area contributed by atoms with Crippen molar-refractivity contribution in [2.75, 3.05) is 89.8 Å². The average molecular weight is 1190 g/mol. The van der Waals surface area contributed by atoms with Crippen LogP contribution in [0.4, 0.5) is 0 Å². The van der Waals surface area contributed by atoms with Crippen LogP contribution in [0.15, 0.2) is 0 Å². The molecule has 0 aromatic heterocycles. The Hall–Kier alpha value is -7.74. The average Bonchev–Trinajstić information content (AvgIpc) is 3.48. The van der Waals surface area contributed by atoms with Crippen LogP contribution in [-0.2, 0) is 101 Å². The summed E-state index contributed by atoms with van der Waals surface area (Å²) in [5.41, 5.74) is 0. The van der Waals surface area contributed by atoms with E-state index in [-0.39, 0.29) is 78.5 Å². The topological polar surface area (TPSA) is 354 Å². The van der Waals surface area contributed by atoms with Crippen LogP contribution in [0.2, 0.25) is 0 Å². The standard InChI is InChI=1S/C10H15NO5.C10H17NO4.C10H15NO4.C10H17NO3.C8H15NO3.C8H15NO2/c1-5-7(12)11(3)9(14)8(13)6(2)10(15)16-4;1-5-9(13)11(3)6-8(12)7(2)10(14)15-4;1-5-8(13)11(4)10(15)9(14)6(2)7(3)12;1-5-10(14)11(4)6-9(13)7(2)8(3)12;1-5-9(3)7(10)6(2)8(11)12-4;1-5-9(4)8(11)6(2)7(3)10/h6H,5H2,1-4H3;7H,5-6H2,1-4H3;6H,5H2,1-4H3;7H,5-6H2,1-4H3;6H,5H2,1-4H3;6H,5H2,1-4H3. The van der Waals surface area contributed by atoms with Crippen molar-refractivity contribution in [1.82, 2.24) is 29.4 Å². The van der Waals surface area contributed by atoms with Gasteiger partial charge >= 0.3 is 17.9 Å². The Balaban J connectivity index is -0.000000215. The summed E-state index contributed by atoms with van der Waals surface area (Å²) in [6.07, 6.45) is 0.973. The second kappa shape index (κ2) is 45.8. The van der Waals surface area contributed by atoms with Crippen molar-refractivity contribution in [2.45, 2.75) is 130 Å². The quantitative estimate of drug-likeness (QED) is 0.0575. The van der Waals surface area contributed by atoms with Crippen molar-refractivity contribution >= 4 is 106 Å². The van der Waals surface area contributed by atoms with Crippen molar-refractivity contribution in [2.24, 2.45) is 35.5 Å². The predicted molar refractivity (Wildman–Crippen MR) is 302 cm³/mol. The number of carbonyl (C=O) groups excluding carboxylic acids is 18. The summed E-state index contributed by atoms with van der Waals surface area (Å²) in [6, 6.07) is 0. The molecule has 0 saturated heterocycles. The molecule has 0 bridgehead atoms. The molecule has 0 spiro atoms. The maximum atomic E-state index is 11.5. The SMILES string of the molecule is CCC(=O)N(C)C(=O)C(=O)C(C)C(=O)OC.CCC(=O)N(C)C(=O)C(=O)C(C)C(C)=O.CCC(=O)N(C)CC(=O)C(C)C(=O)OC.CCC(=O)N(C)CC(=O)C(C)C(C)=O.CCN(C)C(=O)C(C)C(=O)OC.CCN(C)C(=O)C(C)C(C)=O. The highest BCUT2D eigenvalue weighted by atomic mass is 16.5. The van der Waals surface area contributed by atoms with Crippen LogP contribution in [0.25, 0.3) is 0 Å². The number of imide groups is 2. The molecular formula is C56H94N6O21. The summed E-state index contributed by atoms with van der Waals surface area (Å²) in [7, 11) is 12.5. The number of hydrogen-bond acceptors (Lipinski definition) is 21. The molecule has 0 aromatic carbocycles. The fraction of sp³-hybridized carbons (Fsp3) is 0.679. The lowest BCUT2D eigenvalue weighted by Crippen LogP contribution is -2.41. The zero-order chi connectivity index (χ0) is 67.1. The molecular weight excluding hydrogens is 1090 g/mol. The Morgan fingerprint density at radius 1 is 0.325 bits per heavy atom. The van der Waals surface area contributed by atoms with Crippen LogP contribution in [0.1, 0.15) is 130 Å². The van der Waals surface area contributed by atoms with Gasteiger partial charge in [-0.25, -0.2) is 0 Å². The number of esters is 3. The summed E-state index contributed by atoms with van der Waals surface area (Å²) >= 11 is 0. The van der Waals surface area contributed by atoms with Gasteiger partial charge in [-0.1, -0.05) is 27.7 Å². The van der Waals surface area contributed by atoms with Crippen molar-refractivity contribution in [3.8, 4) is 0 Å². The van der Waals surface area contributed by atoms with Crippen LogP contribution < -0.4 is 0 Å². The van der Waals surface area contributed by atoms with Gasteiger partial charge < -0.3 is 33.8 Å². The van der Waals surface area contributed by atoms with Gasteiger partial charge in [0.2, 0.25) is 47.0 Å². The Labute approximate surface area is 489 Å². The molecule has 8 amide bonds. The first kappa shape index (κ1) is 86.5. The largest absolute Gasteiger partial charge is 0.468 e. The lowest BCUT2D eigenvalue weighted by molar-refractivity contribution is -0.157. The molecule has 83 heavy (non-hydrogen) atoms. The number of carbonyl (C=O) groups is 18. The molecule has 0 radical (unpaired) electrons. The first-order valence-electron chi connectivity index (χ1n) is 26.5. The zero-order valence-electron chi connectivity index (χ0n) is 53.4. The summed E-state index contributed by atoms with van der Waals surface area (Å²) in [6.45, 7) is 24.4. The molecule has 474 valence electrons. The van der Waals surface area contributed by atoms with E-state index >= 15 is 0 Å². The van der Waals surface area contributed by atoms with E-state index in [1.807, 2.05) is 13.8 Å². The number of methoxy groups -OCH3 is 3. The maximum absolute atomic E-state index is 11.5. The van der Waals surface area contributed by atoms with Crippen molar-refractivity contribution in [3.05, 3.63) is 0 Å². The molecule has 0 rings (SSSR count). The molecule has 0 saturated carbocycles. The normalized spacial score (nSPS) is 11.9. The first-order valence-corrected chi connectivity index (χ1v) is 26.5. The summed E-state index contributed by atoms with van der Waals surface area (Å²) in [4.78, 5) is 208. The number of hydrogen-bond donors (Lipinski definition) is 0. The van der Waals surface area contributed by atoms with E-state index in [0.29, 0.717) is 30.8 Å². The van der Waals surface area contributed by atoms with Crippen molar-refractivity contribution in [3.63, 3.8) is 0 Å². The minimum atomic E-state index is -1.19. The zero-order valence-corrected chi connectivity index (χ0v) is 53.4. The number of amides is 8. The Bertz CT molecular complexity index is 2250. The highest BCUT2D eigenvalue weighted by molar-refractivity contribution is 6.42. The van der Waals surface area contributed by atoms with E-state index in [2.05, 4.69) is 14.2 Å². The van der Waals surface area contributed by atoms with Gasteiger partial charge in [-0.15, -0.1) is 0 Å². The van der Waals surface area contributed by atoms with Gasteiger partial charge in [0.25, 0.3) is 11.8 Å². The highest BCUT2D eigenvalue weighted by Crippen LogP contribution is 2.07. The van der Waals surface area contributed by atoms with Crippen LogP contribution in [0.3, 0.4) is 0 Å². The van der Waals surface area contributed by atoms with Gasteiger partial charge in [0, 0.05) is 81.1 Å². The van der Waals surface area contributed by atoms with Crippen LogP contribution in [0, 0.1) is 35.5 Å². The van der Waals surface area contributed by atoms with Gasteiger partial charge in [-0.3, -0.25) is 96.1 Å². The molecule has 0 heterocycles. The summed E-state index contributed by atoms with van der Waals surface area (Å²) in [5.74, 6) is -12.9. The molecule has 0 N–H and O–H groups in total. The van der Waals surface area contributed by atoms with E-state index in [4.69, 9.17) is 0 Å². The second-order valence-corrected chi connectivity index (χ2v) is 18.5. The molecule has 27 heteroatoms. The summed E-state index contributed by atoms with van der Waals surface area (Å²) in [5, 5.41) is 0. The smallest absolute Gasteiger partial charge is 0.317 e. The van der Waals surface area contributed by atoms with Crippen LogP contribution in [0.5, 0.6) is 0 Å². The van der Waals surface area contributed by atoms with E-state index in [1.165, 1.54) is 91.6 Å². The first-order chi connectivity index (χ1) is 38.1.